The summed E-state index contributed by atoms with van der Waals surface area (Å²) in [6.45, 7) is 1.93. The molecule has 7 heteroatoms. The number of carbonyl (C=O) groups is 3. The zero-order chi connectivity index (χ0) is 18.9. The van der Waals surface area contributed by atoms with E-state index in [1.54, 1.807) is 18.2 Å². The van der Waals surface area contributed by atoms with Crippen molar-refractivity contribution < 1.29 is 19.5 Å². The van der Waals surface area contributed by atoms with Crippen molar-refractivity contribution in [3.8, 4) is 0 Å². The first-order valence-corrected chi connectivity index (χ1v) is 9.02. The lowest BCUT2D eigenvalue weighted by molar-refractivity contribution is -0.138. The molecule has 0 unspecified atom stereocenters. The smallest absolute Gasteiger partial charge is 0.303 e. The Morgan fingerprint density at radius 2 is 1.73 bits per heavy atom. The van der Waals surface area contributed by atoms with Crippen molar-refractivity contribution in [2.75, 3.05) is 16.4 Å². The molecule has 0 aliphatic heterocycles. The summed E-state index contributed by atoms with van der Waals surface area (Å²) in [6, 6.07) is 14.7. The van der Waals surface area contributed by atoms with Crippen LogP contribution in [-0.4, -0.2) is 28.6 Å². The number of aliphatic carboxylic acids is 1. The first kappa shape index (κ1) is 19.5. The SMILES string of the molecule is Cc1ccccc1NC(=O)CSc1cccc(NC(=O)CCC(=O)O)c1. The lowest BCUT2D eigenvalue weighted by Gasteiger charge is -2.09. The molecular formula is C19H20N2O4S. The largest absolute Gasteiger partial charge is 0.481 e. The molecule has 136 valence electrons. The number of anilines is 2. The molecule has 2 amide bonds. The number of carboxylic acid groups (broad SMARTS) is 1. The van der Waals surface area contributed by atoms with Crippen LogP contribution in [0.5, 0.6) is 0 Å². The van der Waals surface area contributed by atoms with E-state index in [1.807, 2.05) is 37.3 Å². The third kappa shape index (κ3) is 6.60. The normalized spacial score (nSPS) is 10.2. The molecule has 0 aromatic heterocycles. The minimum absolute atomic E-state index is 0.0778. The van der Waals surface area contributed by atoms with Gasteiger partial charge in [-0.2, -0.15) is 0 Å². The van der Waals surface area contributed by atoms with Crippen LogP contribution in [0.25, 0.3) is 0 Å². The number of carbonyl (C=O) groups excluding carboxylic acids is 2. The summed E-state index contributed by atoms with van der Waals surface area (Å²) >= 11 is 1.36. The lowest BCUT2D eigenvalue weighted by Crippen LogP contribution is -2.15. The molecule has 0 atom stereocenters. The van der Waals surface area contributed by atoms with Crippen LogP contribution >= 0.6 is 11.8 Å². The topological polar surface area (TPSA) is 95.5 Å². The number of para-hydroxylation sites is 1. The summed E-state index contributed by atoms with van der Waals surface area (Å²) in [5, 5.41) is 14.1. The predicted octanol–water partition coefficient (Wildman–Crippen LogP) is 3.53. The summed E-state index contributed by atoms with van der Waals surface area (Å²) < 4.78 is 0. The van der Waals surface area contributed by atoms with Crippen molar-refractivity contribution in [3.05, 3.63) is 54.1 Å². The van der Waals surface area contributed by atoms with E-state index in [2.05, 4.69) is 10.6 Å². The van der Waals surface area contributed by atoms with Gasteiger partial charge in [0.2, 0.25) is 11.8 Å². The van der Waals surface area contributed by atoms with Gasteiger partial charge in [-0.05, 0) is 36.8 Å². The summed E-state index contributed by atoms with van der Waals surface area (Å²) in [5.74, 6) is -1.23. The summed E-state index contributed by atoms with van der Waals surface area (Å²) in [5.41, 5.74) is 2.36. The predicted molar refractivity (Wildman–Crippen MR) is 102 cm³/mol. The highest BCUT2D eigenvalue weighted by Crippen LogP contribution is 2.22. The molecule has 0 bridgehead atoms. The standard InChI is InChI=1S/C19H20N2O4S/c1-13-5-2-3-8-16(13)21-18(23)12-26-15-7-4-6-14(11-15)20-17(22)9-10-19(24)25/h2-8,11H,9-10,12H2,1H3,(H,20,22)(H,21,23)(H,24,25). The average Bonchev–Trinajstić information content (AvgIpc) is 2.60. The number of aryl methyl sites for hydroxylation is 1. The summed E-state index contributed by atoms with van der Waals surface area (Å²) in [6.07, 6.45) is -0.287. The van der Waals surface area contributed by atoms with E-state index in [9.17, 15) is 14.4 Å². The summed E-state index contributed by atoms with van der Waals surface area (Å²) in [4.78, 5) is 35.1. The molecular weight excluding hydrogens is 352 g/mol. The van der Waals surface area contributed by atoms with Gasteiger partial charge in [0, 0.05) is 22.7 Å². The van der Waals surface area contributed by atoms with E-state index in [4.69, 9.17) is 5.11 Å². The number of rotatable bonds is 8. The Bertz CT molecular complexity index is 808. The van der Waals surface area contributed by atoms with Gasteiger partial charge in [-0.15, -0.1) is 11.8 Å². The average molecular weight is 372 g/mol. The molecule has 0 aliphatic rings. The Balaban J connectivity index is 1.86. The van der Waals surface area contributed by atoms with Gasteiger partial charge < -0.3 is 15.7 Å². The van der Waals surface area contributed by atoms with Gasteiger partial charge in [-0.1, -0.05) is 24.3 Å². The van der Waals surface area contributed by atoms with E-state index >= 15 is 0 Å². The highest BCUT2D eigenvalue weighted by Gasteiger charge is 2.08. The Labute approximate surface area is 156 Å². The minimum atomic E-state index is -1.01. The number of hydrogen-bond donors (Lipinski definition) is 3. The van der Waals surface area contributed by atoms with Gasteiger partial charge in [0.15, 0.2) is 0 Å². The van der Waals surface area contributed by atoms with Gasteiger partial charge in [0.05, 0.1) is 12.2 Å². The third-order valence-corrected chi connectivity index (χ3v) is 4.47. The Hall–Kier alpha value is -2.80. The van der Waals surface area contributed by atoms with Crippen molar-refractivity contribution in [3.63, 3.8) is 0 Å². The van der Waals surface area contributed by atoms with Gasteiger partial charge in [-0.25, -0.2) is 0 Å². The van der Waals surface area contributed by atoms with Crippen molar-refractivity contribution in [1.29, 1.82) is 0 Å². The fourth-order valence-corrected chi connectivity index (χ4v) is 2.91. The second kappa shape index (κ2) is 9.62. The van der Waals surface area contributed by atoms with Crippen LogP contribution in [-0.2, 0) is 14.4 Å². The molecule has 2 rings (SSSR count). The van der Waals surface area contributed by atoms with Crippen LogP contribution in [0.3, 0.4) is 0 Å². The monoisotopic (exact) mass is 372 g/mol. The molecule has 2 aromatic carbocycles. The molecule has 3 N–H and O–H groups in total. The number of hydrogen-bond acceptors (Lipinski definition) is 4. The van der Waals surface area contributed by atoms with Crippen LogP contribution in [0, 0.1) is 6.92 Å². The van der Waals surface area contributed by atoms with Crippen LogP contribution in [0.1, 0.15) is 18.4 Å². The van der Waals surface area contributed by atoms with E-state index in [-0.39, 0.29) is 30.4 Å². The zero-order valence-electron chi connectivity index (χ0n) is 14.3. The third-order valence-electron chi connectivity index (χ3n) is 3.47. The van der Waals surface area contributed by atoms with Gasteiger partial charge >= 0.3 is 5.97 Å². The fourth-order valence-electron chi connectivity index (χ4n) is 2.16. The lowest BCUT2D eigenvalue weighted by atomic mass is 10.2. The van der Waals surface area contributed by atoms with Crippen molar-refractivity contribution in [2.45, 2.75) is 24.7 Å². The maximum Gasteiger partial charge on any atom is 0.303 e. The fraction of sp³-hybridized carbons (Fsp3) is 0.211. The summed E-state index contributed by atoms with van der Waals surface area (Å²) in [7, 11) is 0. The highest BCUT2D eigenvalue weighted by atomic mass is 32.2. The molecule has 0 saturated heterocycles. The molecule has 0 spiro atoms. The second-order valence-electron chi connectivity index (χ2n) is 5.62. The maximum atomic E-state index is 12.1. The number of nitrogens with one attached hydrogen (secondary N) is 2. The van der Waals surface area contributed by atoms with Crippen LogP contribution in [0.2, 0.25) is 0 Å². The van der Waals surface area contributed by atoms with Crippen molar-refractivity contribution in [1.82, 2.24) is 0 Å². The Kier molecular flexibility index (Phi) is 7.23. The zero-order valence-corrected chi connectivity index (χ0v) is 15.1. The van der Waals surface area contributed by atoms with Gasteiger partial charge in [-0.3, -0.25) is 14.4 Å². The Morgan fingerprint density at radius 1 is 0.962 bits per heavy atom. The second-order valence-corrected chi connectivity index (χ2v) is 6.67. The van der Waals surface area contributed by atoms with Crippen LogP contribution in [0.4, 0.5) is 11.4 Å². The number of thioether (sulfide) groups is 1. The maximum absolute atomic E-state index is 12.1. The Morgan fingerprint density at radius 3 is 2.46 bits per heavy atom. The highest BCUT2D eigenvalue weighted by molar-refractivity contribution is 8.00. The molecule has 0 saturated carbocycles. The molecule has 26 heavy (non-hydrogen) atoms. The van der Waals surface area contributed by atoms with E-state index < -0.39 is 5.97 Å². The quantitative estimate of drug-likeness (QED) is 0.616. The first-order chi connectivity index (χ1) is 12.4. The van der Waals surface area contributed by atoms with Crippen molar-refractivity contribution in [2.24, 2.45) is 0 Å². The van der Waals surface area contributed by atoms with Crippen LogP contribution < -0.4 is 10.6 Å². The molecule has 0 radical (unpaired) electrons. The molecule has 6 nitrogen and oxygen atoms in total. The van der Waals surface area contributed by atoms with Gasteiger partial charge in [0.25, 0.3) is 0 Å². The number of amides is 2. The van der Waals surface area contributed by atoms with E-state index in [1.165, 1.54) is 11.8 Å². The molecule has 0 aliphatic carbocycles. The molecule has 2 aromatic rings. The van der Waals surface area contributed by atoms with E-state index in [0.29, 0.717) is 5.69 Å². The van der Waals surface area contributed by atoms with Gasteiger partial charge in [0.1, 0.15) is 0 Å². The van der Waals surface area contributed by atoms with E-state index in [0.717, 1.165) is 16.1 Å². The van der Waals surface area contributed by atoms with Crippen LogP contribution in [0.15, 0.2) is 53.4 Å². The first-order valence-electron chi connectivity index (χ1n) is 8.04. The molecule has 0 heterocycles. The molecule has 0 fully saturated rings. The number of carboxylic acids is 1. The van der Waals surface area contributed by atoms with Crippen molar-refractivity contribution >= 4 is 40.9 Å². The number of benzene rings is 2. The minimum Gasteiger partial charge on any atom is -0.481 e.